The van der Waals surface area contributed by atoms with E-state index in [1.807, 2.05) is 0 Å². The van der Waals surface area contributed by atoms with Crippen molar-refractivity contribution in [1.29, 1.82) is 0 Å². The van der Waals surface area contributed by atoms with Gasteiger partial charge in [0, 0.05) is 24.4 Å². The number of amides is 1. The molecule has 1 saturated heterocycles. The fraction of sp³-hybridized carbons (Fsp3) is 0.389. The van der Waals surface area contributed by atoms with Crippen molar-refractivity contribution >= 4 is 5.91 Å². The summed E-state index contributed by atoms with van der Waals surface area (Å²) < 4.78 is 51.3. The summed E-state index contributed by atoms with van der Waals surface area (Å²) in [7, 11) is 1.45. The zero-order valence-corrected chi connectivity index (χ0v) is 15.0. The second kappa shape index (κ2) is 8.32. The number of hydrogen-bond donors (Lipinski definition) is 0. The summed E-state index contributed by atoms with van der Waals surface area (Å²) in [5.74, 6) is -0.312. The van der Waals surface area contributed by atoms with E-state index in [4.69, 9.17) is 9.47 Å². The number of likely N-dealkylation sites (tertiary alicyclic amines) is 1. The van der Waals surface area contributed by atoms with Gasteiger partial charge in [-0.3, -0.25) is 4.79 Å². The van der Waals surface area contributed by atoms with Gasteiger partial charge in [-0.2, -0.15) is 4.98 Å². The average molecular weight is 397 g/mol. The van der Waals surface area contributed by atoms with Crippen LogP contribution in [0.15, 0.2) is 36.5 Å². The van der Waals surface area contributed by atoms with E-state index < -0.39 is 6.36 Å². The average Bonchev–Trinajstić information content (AvgIpc) is 2.67. The van der Waals surface area contributed by atoms with Crippen molar-refractivity contribution in [3.05, 3.63) is 42.1 Å². The topological polar surface area (TPSA) is 73.8 Å². The number of hydrogen-bond acceptors (Lipinski definition) is 6. The quantitative estimate of drug-likeness (QED) is 0.772. The SMILES string of the molecule is COc1nccc(OC2CCCN(C(=O)c3ccc(OC(F)(F)F)cc3)C2)n1. The predicted molar refractivity (Wildman–Crippen MR) is 91.3 cm³/mol. The summed E-state index contributed by atoms with van der Waals surface area (Å²) in [5.41, 5.74) is 0.277. The molecule has 28 heavy (non-hydrogen) atoms. The number of benzene rings is 1. The van der Waals surface area contributed by atoms with E-state index in [2.05, 4.69) is 14.7 Å². The Kier molecular flexibility index (Phi) is 5.86. The van der Waals surface area contributed by atoms with Crippen molar-refractivity contribution in [2.45, 2.75) is 25.3 Å². The van der Waals surface area contributed by atoms with Crippen molar-refractivity contribution in [2.75, 3.05) is 20.2 Å². The molecule has 2 heterocycles. The molecule has 1 aliphatic rings. The first-order chi connectivity index (χ1) is 13.3. The van der Waals surface area contributed by atoms with Crippen LogP contribution in [-0.4, -0.2) is 53.4 Å². The minimum atomic E-state index is -4.77. The van der Waals surface area contributed by atoms with Gasteiger partial charge in [0.1, 0.15) is 11.9 Å². The zero-order valence-electron chi connectivity index (χ0n) is 15.0. The number of carbonyl (C=O) groups excluding carboxylic acids is 1. The maximum absolute atomic E-state index is 12.7. The van der Waals surface area contributed by atoms with Gasteiger partial charge in [0.05, 0.1) is 13.7 Å². The number of halogens is 3. The van der Waals surface area contributed by atoms with Crippen molar-refractivity contribution in [2.24, 2.45) is 0 Å². The lowest BCUT2D eigenvalue weighted by Crippen LogP contribution is -2.44. The molecule has 0 aliphatic carbocycles. The minimum Gasteiger partial charge on any atom is -0.472 e. The van der Waals surface area contributed by atoms with Crippen LogP contribution >= 0.6 is 0 Å². The van der Waals surface area contributed by atoms with Gasteiger partial charge in [0.2, 0.25) is 5.88 Å². The summed E-state index contributed by atoms with van der Waals surface area (Å²) in [6.45, 7) is 0.874. The molecule has 0 N–H and O–H groups in total. The molecule has 2 aromatic rings. The van der Waals surface area contributed by atoms with E-state index in [0.29, 0.717) is 19.0 Å². The van der Waals surface area contributed by atoms with Gasteiger partial charge in [-0.25, -0.2) is 4.98 Å². The number of aromatic nitrogens is 2. The Labute approximate surface area is 159 Å². The smallest absolute Gasteiger partial charge is 0.472 e. The third-order valence-electron chi connectivity index (χ3n) is 4.08. The first kappa shape index (κ1) is 19.7. The molecule has 1 unspecified atom stereocenters. The zero-order chi connectivity index (χ0) is 20.1. The Bertz CT molecular complexity index is 814. The van der Waals surface area contributed by atoms with E-state index in [1.54, 1.807) is 11.0 Å². The molecule has 0 bridgehead atoms. The first-order valence-electron chi connectivity index (χ1n) is 8.53. The summed E-state index contributed by atoms with van der Waals surface area (Å²) in [5, 5.41) is 0. The van der Waals surface area contributed by atoms with E-state index in [9.17, 15) is 18.0 Å². The lowest BCUT2D eigenvalue weighted by atomic mass is 10.1. The van der Waals surface area contributed by atoms with Gasteiger partial charge < -0.3 is 19.1 Å². The van der Waals surface area contributed by atoms with Crippen molar-refractivity contribution < 1.29 is 32.2 Å². The summed E-state index contributed by atoms with van der Waals surface area (Å²) in [6, 6.07) is 6.63. The third kappa shape index (κ3) is 5.24. The number of ether oxygens (including phenoxy) is 3. The lowest BCUT2D eigenvalue weighted by molar-refractivity contribution is -0.274. The summed E-state index contributed by atoms with van der Waals surface area (Å²) in [6.07, 6.45) is -2.04. The van der Waals surface area contributed by atoms with E-state index in [-0.39, 0.29) is 29.3 Å². The molecule has 0 saturated carbocycles. The molecule has 1 fully saturated rings. The Hall–Kier alpha value is -3.04. The van der Waals surface area contributed by atoms with Gasteiger partial charge >= 0.3 is 12.4 Å². The lowest BCUT2D eigenvalue weighted by Gasteiger charge is -2.32. The molecule has 1 aromatic carbocycles. The Morgan fingerprint density at radius 2 is 1.96 bits per heavy atom. The third-order valence-corrected chi connectivity index (χ3v) is 4.08. The van der Waals surface area contributed by atoms with E-state index in [0.717, 1.165) is 25.0 Å². The number of piperidine rings is 1. The second-order valence-electron chi connectivity index (χ2n) is 6.09. The monoisotopic (exact) mass is 397 g/mol. The van der Waals surface area contributed by atoms with Crippen LogP contribution in [0.4, 0.5) is 13.2 Å². The van der Waals surface area contributed by atoms with E-state index >= 15 is 0 Å². The molecule has 150 valence electrons. The molecule has 1 aromatic heterocycles. The molecule has 1 aliphatic heterocycles. The minimum absolute atomic E-state index is 0.183. The van der Waals surface area contributed by atoms with Crippen molar-refractivity contribution in [3.8, 4) is 17.6 Å². The molecule has 7 nitrogen and oxygen atoms in total. The highest BCUT2D eigenvalue weighted by atomic mass is 19.4. The van der Waals surface area contributed by atoms with Crippen LogP contribution in [0.1, 0.15) is 23.2 Å². The molecular weight excluding hydrogens is 379 g/mol. The highest BCUT2D eigenvalue weighted by Gasteiger charge is 2.31. The van der Waals surface area contributed by atoms with Gasteiger partial charge in [-0.05, 0) is 37.1 Å². The number of rotatable bonds is 5. The Morgan fingerprint density at radius 1 is 1.21 bits per heavy atom. The fourth-order valence-corrected chi connectivity index (χ4v) is 2.86. The van der Waals surface area contributed by atoms with Crippen molar-refractivity contribution in [1.82, 2.24) is 14.9 Å². The first-order valence-corrected chi connectivity index (χ1v) is 8.53. The Morgan fingerprint density at radius 3 is 2.64 bits per heavy atom. The van der Waals surface area contributed by atoms with Gasteiger partial charge in [0.15, 0.2) is 0 Å². The van der Waals surface area contributed by atoms with Crippen LogP contribution in [0.25, 0.3) is 0 Å². The van der Waals surface area contributed by atoms with E-state index in [1.165, 1.54) is 25.4 Å². The predicted octanol–water partition coefficient (Wildman–Crippen LogP) is 3.07. The van der Waals surface area contributed by atoms with Crippen LogP contribution < -0.4 is 14.2 Å². The molecule has 1 atom stereocenters. The fourth-order valence-electron chi connectivity index (χ4n) is 2.86. The molecule has 0 spiro atoms. The molecule has 3 rings (SSSR count). The highest BCUT2D eigenvalue weighted by molar-refractivity contribution is 5.94. The number of alkyl halides is 3. The van der Waals surface area contributed by atoms with Crippen LogP contribution in [0.5, 0.6) is 17.6 Å². The molecule has 1 amide bonds. The maximum Gasteiger partial charge on any atom is 0.573 e. The second-order valence-corrected chi connectivity index (χ2v) is 6.09. The molecule has 0 radical (unpaired) electrons. The normalized spacial score (nSPS) is 17.1. The molecule has 10 heteroatoms. The Balaban J connectivity index is 1.62. The van der Waals surface area contributed by atoms with Crippen LogP contribution in [0.2, 0.25) is 0 Å². The van der Waals surface area contributed by atoms with Crippen LogP contribution in [-0.2, 0) is 0 Å². The van der Waals surface area contributed by atoms with Crippen molar-refractivity contribution in [3.63, 3.8) is 0 Å². The standard InChI is InChI=1S/C18H18F3N3O4/c1-26-17-22-9-8-15(23-17)27-14-3-2-10-24(11-14)16(25)12-4-6-13(7-5-12)28-18(19,20)21/h4-9,14H,2-3,10-11H2,1H3. The highest BCUT2D eigenvalue weighted by Crippen LogP contribution is 2.24. The number of carbonyl (C=O) groups is 1. The number of nitrogens with zero attached hydrogens (tertiary/aromatic N) is 3. The van der Waals surface area contributed by atoms with Gasteiger partial charge in [-0.1, -0.05) is 0 Å². The molecular formula is C18H18F3N3O4. The maximum atomic E-state index is 12.7. The summed E-state index contributed by atoms with van der Waals surface area (Å²) >= 11 is 0. The number of methoxy groups -OCH3 is 1. The largest absolute Gasteiger partial charge is 0.573 e. The van der Waals surface area contributed by atoms with Crippen LogP contribution in [0.3, 0.4) is 0 Å². The summed E-state index contributed by atoms with van der Waals surface area (Å²) in [4.78, 5) is 22.3. The van der Waals surface area contributed by atoms with Gasteiger partial charge in [0.25, 0.3) is 5.91 Å². The van der Waals surface area contributed by atoms with Gasteiger partial charge in [-0.15, -0.1) is 13.2 Å². The van der Waals surface area contributed by atoms with Crippen LogP contribution in [0, 0.1) is 0 Å².